The number of likely N-dealkylation sites (N-methyl/N-ethyl adjacent to an activating group) is 1. The first-order chi connectivity index (χ1) is 9.20. The number of benzene rings is 1. The van der Waals surface area contributed by atoms with Crippen LogP contribution in [0.1, 0.15) is 42.9 Å². The van der Waals surface area contributed by atoms with Crippen LogP contribution in [-0.2, 0) is 12.8 Å². The molecule has 3 rings (SSSR count). The summed E-state index contributed by atoms with van der Waals surface area (Å²) in [6, 6.07) is 4.99. The van der Waals surface area contributed by atoms with Crippen molar-refractivity contribution >= 4 is 5.69 Å². The zero-order chi connectivity index (χ0) is 13.4. The molecule has 0 aromatic heterocycles. The van der Waals surface area contributed by atoms with Gasteiger partial charge in [-0.1, -0.05) is 26.0 Å². The lowest BCUT2D eigenvalue weighted by Crippen LogP contribution is -2.27. The summed E-state index contributed by atoms with van der Waals surface area (Å²) in [5.74, 6) is 1.33. The molecule has 2 aliphatic heterocycles. The first-order valence-corrected chi connectivity index (χ1v) is 7.76. The van der Waals surface area contributed by atoms with Crippen LogP contribution in [0.4, 0.5) is 5.69 Å². The third kappa shape index (κ3) is 2.27. The Kier molecular flexibility index (Phi) is 3.53. The molecule has 0 saturated carbocycles. The standard InChI is InChI=1S/C17H26N2/c1-12(2)16(11-18-3)15-9-13-5-4-7-19-8-6-14(10-15)17(13)19/h9-10,12,16,18H,4-8,11H2,1-3H3. The zero-order valence-electron chi connectivity index (χ0n) is 12.5. The van der Waals surface area contributed by atoms with Crippen LogP contribution in [-0.4, -0.2) is 26.7 Å². The van der Waals surface area contributed by atoms with Crippen molar-refractivity contribution in [1.29, 1.82) is 0 Å². The molecule has 19 heavy (non-hydrogen) atoms. The third-order valence-electron chi connectivity index (χ3n) is 4.79. The molecular weight excluding hydrogens is 232 g/mol. The molecule has 0 aliphatic carbocycles. The van der Waals surface area contributed by atoms with Crippen LogP contribution in [0.2, 0.25) is 0 Å². The van der Waals surface area contributed by atoms with Crippen LogP contribution in [0.5, 0.6) is 0 Å². The SMILES string of the molecule is CNCC(c1cc2c3c(c1)CCN3CCC2)C(C)C. The molecule has 0 fully saturated rings. The largest absolute Gasteiger partial charge is 0.371 e. The molecule has 0 amide bonds. The second-order valence-electron chi connectivity index (χ2n) is 6.44. The van der Waals surface area contributed by atoms with Crippen molar-refractivity contribution in [1.82, 2.24) is 5.32 Å². The van der Waals surface area contributed by atoms with Gasteiger partial charge in [-0.15, -0.1) is 0 Å². The van der Waals surface area contributed by atoms with Crippen LogP contribution in [0, 0.1) is 5.92 Å². The predicted octanol–water partition coefficient (Wildman–Crippen LogP) is 2.95. The van der Waals surface area contributed by atoms with Gasteiger partial charge in [-0.05, 0) is 54.8 Å². The van der Waals surface area contributed by atoms with E-state index >= 15 is 0 Å². The first-order valence-electron chi connectivity index (χ1n) is 7.76. The van der Waals surface area contributed by atoms with E-state index in [1.807, 2.05) is 0 Å². The molecule has 2 nitrogen and oxygen atoms in total. The number of hydrogen-bond acceptors (Lipinski definition) is 2. The van der Waals surface area contributed by atoms with Gasteiger partial charge in [-0.25, -0.2) is 0 Å². The second-order valence-corrected chi connectivity index (χ2v) is 6.44. The van der Waals surface area contributed by atoms with Crippen molar-refractivity contribution in [3.63, 3.8) is 0 Å². The van der Waals surface area contributed by atoms with Crippen molar-refractivity contribution in [3.8, 4) is 0 Å². The lowest BCUT2D eigenvalue weighted by Gasteiger charge is -2.29. The van der Waals surface area contributed by atoms with Crippen LogP contribution < -0.4 is 10.2 Å². The van der Waals surface area contributed by atoms with Gasteiger partial charge >= 0.3 is 0 Å². The maximum atomic E-state index is 3.37. The summed E-state index contributed by atoms with van der Waals surface area (Å²) in [6.45, 7) is 8.27. The number of aryl methyl sites for hydroxylation is 1. The Balaban J connectivity index is 2.00. The fraction of sp³-hybridized carbons (Fsp3) is 0.647. The minimum atomic E-state index is 0.641. The summed E-state index contributed by atoms with van der Waals surface area (Å²) in [5, 5.41) is 3.37. The van der Waals surface area contributed by atoms with Gasteiger partial charge in [0, 0.05) is 25.3 Å². The average Bonchev–Trinajstić information content (AvgIpc) is 2.81. The minimum absolute atomic E-state index is 0.641. The highest BCUT2D eigenvalue weighted by atomic mass is 15.2. The van der Waals surface area contributed by atoms with E-state index in [1.54, 1.807) is 22.4 Å². The summed E-state index contributed by atoms with van der Waals surface area (Å²) in [5.41, 5.74) is 6.36. The van der Waals surface area contributed by atoms with Gasteiger partial charge in [0.15, 0.2) is 0 Å². The summed E-state index contributed by atoms with van der Waals surface area (Å²) in [6.07, 6.45) is 3.85. The average molecular weight is 258 g/mol. The molecule has 104 valence electrons. The van der Waals surface area contributed by atoms with Crippen molar-refractivity contribution in [2.45, 2.75) is 39.0 Å². The quantitative estimate of drug-likeness (QED) is 0.893. The van der Waals surface area contributed by atoms with E-state index < -0.39 is 0 Å². The van der Waals surface area contributed by atoms with Crippen LogP contribution >= 0.6 is 0 Å². The summed E-state index contributed by atoms with van der Waals surface area (Å²) < 4.78 is 0. The van der Waals surface area contributed by atoms with E-state index in [9.17, 15) is 0 Å². The molecule has 2 heterocycles. The van der Waals surface area contributed by atoms with Gasteiger partial charge in [0.1, 0.15) is 0 Å². The van der Waals surface area contributed by atoms with E-state index in [1.165, 1.54) is 32.4 Å². The maximum Gasteiger partial charge on any atom is 0.0432 e. The van der Waals surface area contributed by atoms with Crippen molar-refractivity contribution in [2.24, 2.45) is 5.92 Å². The Bertz CT molecular complexity index is 465. The summed E-state index contributed by atoms with van der Waals surface area (Å²) >= 11 is 0. The number of nitrogens with zero attached hydrogens (tertiary/aromatic N) is 1. The summed E-state index contributed by atoms with van der Waals surface area (Å²) in [7, 11) is 2.06. The first kappa shape index (κ1) is 13.0. The molecular formula is C17H26N2. The van der Waals surface area contributed by atoms with E-state index in [-0.39, 0.29) is 0 Å². The Hall–Kier alpha value is -1.02. The highest BCUT2D eigenvalue weighted by Crippen LogP contribution is 2.39. The van der Waals surface area contributed by atoms with Gasteiger partial charge in [0.2, 0.25) is 0 Å². The fourth-order valence-electron chi connectivity index (χ4n) is 3.80. The lowest BCUT2D eigenvalue weighted by molar-refractivity contribution is 0.478. The van der Waals surface area contributed by atoms with Crippen LogP contribution in [0.3, 0.4) is 0 Å². The summed E-state index contributed by atoms with van der Waals surface area (Å²) in [4.78, 5) is 2.60. The van der Waals surface area contributed by atoms with Crippen molar-refractivity contribution < 1.29 is 0 Å². The molecule has 1 aromatic rings. The van der Waals surface area contributed by atoms with E-state index in [0.717, 1.165) is 6.54 Å². The van der Waals surface area contributed by atoms with Gasteiger partial charge in [-0.3, -0.25) is 0 Å². The lowest BCUT2D eigenvalue weighted by atomic mass is 9.85. The molecule has 1 aromatic carbocycles. The highest BCUT2D eigenvalue weighted by Gasteiger charge is 2.27. The van der Waals surface area contributed by atoms with Crippen LogP contribution in [0.25, 0.3) is 0 Å². The second kappa shape index (κ2) is 5.16. The van der Waals surface area contributed by atoms with Crippen molar-refractivity contribution in [3.05, 3.63) is 28.8 Å². The number of rotatable bonds is 4. The van der Waals surface area contributed by atoms with Gasteiger partial charge in [0.05, 0.1) is 0 Å². The maximum absolute atomic E-state index is 3.37. The Morgan fingerprint density at radius 2 is 1.89 bits per heavy atom. The number of anilines is 1. The zero-order valence-corrected chi connectivity index (χ0v) is 12.5. The van der Waals surface area contributed by atoms with Crippen molar-refractivity contribution in [2.75, 3.05) is 31.6 Å². The molecule has 0 saturated heterocycles. The molecule has 0 radical (unpaired) electrons. The third-order valence-corrected chi connectivity index (χ3v) is 4.79. The highest BCUT2D eigenvalue weighted by molar-refractivity contribution is 5.66. The molecule has 0 bridgehead atoms. The molecule has 0 spiro atoms. The van der Waals surface area contributed by atoms with Gasteiger partial charge in [-0.2, -0.15) is 0 Å². The smallest absolute Gasteiger partial charge is 0.0432 e. The number of hydrogen-bond donors (Lipinski definition) is 1. The van der Waals surface area contributed by atoms with Gasteiger partial charge in [0.25, 0.3) is 0 Å². The fourth-order valence-corrected chi connectivity index (χ4v) is 3.80. The Morgan fingerprint density at radius 1 is 1.16 bits per heavy atom. The molecule has 2 aliphatic rings. The Labute approximate surface area is 117 Å². The molecule has 2 heteroatoms. The topological polar surface area (TPSA) is 15.3 Å². The molecule has 1 unspecified atom stereocenters. The normalized spacial score (nSPS) is 18.8. The Morgan fingerprint density at radius 3 is 2.58 bits per heavy atom. The van der Waals surface area contributed by atoms with Gasteiger partial charge < -0.3 is 10.2 Å². The van der Waals surface area contributed by atoms with E-state index in [2.05, 4.69) is 43.2 Å². The number of nitrogens with one attached hydrogen (secondary N) is 1. The predicted molar refractivity (Wildman–Crippen MR) is 82.2 cm³/mol. The van der Waals surface area contributed by atoms with E-state index in [0.29, 0.717) is 11.8 Å². The van der Waals surface area contributed by atoms with Crippen LogP contribution in [0.15, 0.2) is 12.1 Å². The van der Waals surface area contributed by atoms with E-state index in [4.69, 9.17) is 0 Å². The monoisotopic (exact) mass is 258 g/mol. The molecule has 1 N–H and O–H groups in total. The minimum Gasteiger partial charge on any atom is -0.371 e. The molecule has 1 atom stereocenters.